The fourth-order valence-corrected chi connectivity index (χ4v) is 1.51. The van der Waals surface area contributed by atoms with Crippen LogP contribution in [0.25, 0.3) is 0 Å². The Hall–Kier alpha value is -0.600. The number of nitrogens with one attached hydrogen (secondary N) is 1. The van der Waals surface area contributed by atoms with Crippen LogP contribution >= 0.6 is 0 Å². The molecule has 0 aliphatic rings. The predicted octanol–water partition coefficient (Wildman–Crippen LogP) is 0.618. The normalized spacial score (nSPS) is 13.8. The molecule has 0 fully saturated rings. The topological polar surface area (TPSA) is 70.0 Å². The molecular formula is C7H14N2O2S. The molecule has 70 valence electrons. The zero-order chi connectivity index (χ0) is 9.61. The third kappa shape index (κ3) is 4.31. The molecule has 5 heteroatoms. The second-order valence-electron chi connectivity index (χ2n) is 2.49. The minimum atomic E-state index is -3.23. The number of nitrogens with zero attached hydrogens (tertiary/aromatic N) is 1. The first-order chi connectivity index (χ1) is 5.55. The number of hydrogen-bond acceptors (Lipinski definition) is 3. The third-order valence-corrected chi connectivity index (χ3v) is 2.84. The van der Waals surface area contributed by atoms with Crippen molar-refractivity contribution < 1.29 is 8.42 Å². The Kier molecular flexibility index (Phi) is 4.86. The summed E-state index contributed by atoms with van der Waals surface area (Å²) < 4.78 is 24.3. The molecule has 4 nitrogen and oxygen atoms in total. The Balaban J connectivity index is 4.14. The molecule has 1 N–H and O–H groups in total. The summed E-state index contributed by atoms with van der Waals surface area (Å²) in [5.74, 6) is 0.0227. The van der Waals surface area contributed by atoms with Gasteiger partial charge in [-0.1, -0.05) is 13.3 Å². The van der Waals surface area contributed by atoms with E-state index in [-0.39, 0.29) is 5.75 Å². The van der Waals surface area contributed by atoms with Crippen molar-refractivity contribution >= 4 is 10.0 Å². The largest absolute Gasteiger partial charge is 0.212 e. The summed E-state index contributed by atoms with van der Waals surface area (Å²) >= 11 is 0. The Labute approximate surface area is 73.6 Å². The maximum absolute atomic E-state index is 11.0. The zero-order valence-electron chi connectivity index (χ0n) is 7.37. The summed E-state index contributed by atoms with van der Waals surface area (Å²) in [7, 11) is -3.23. The number of rotatable bonds is 5. The summed E-state index contributed by atoms with van der Waals surface area (Å²) in [6.07, 6.45) is 1.36. The summed E-state index contributed by atoms with van der Waals surface area (Å²) in [5, 5.41) is 8.54. The number of hydrogen-bond donors (Lipinski definition) is 1. The summed E-state index contributed by atoms with van der Waals surface area (Å²) in [4.78, 5) is 0. The van der Waals surface area contributed by atoms with Gasteiger partial charge in [0.05, 0.1) is 11.8 Å². The van der Waals surface area contributed by atoms with Gasteiger partial charge in [0.1, 0.15) is 6.04 Å². The van der Waals surface area contributed by atoms with E-state index in [1.807, 2.05) is 13.0 Å². The van der Waals surface area contributed by atoms with Crippen LogP contribution in [0.5, 0.6) is 0 Å². The van der Waals surface area contributed by atoms with Crippen molar-refractivity contribution in [3.05, 3.63) is 0 Å². The van der Waals surface area contributed by atoms with E-state index in [1.54, 1.807) is 6.92 Å². The molecule has 1 unspecified atom stereocenters. The molecule has 0 aromatic rings. The molecule has 0 spiro atoms. The molecule has 0 aliphatic carbocycles. The molecule has 0 amide bonds. The molecule has 0 aromatic carbocycles. The van der Waals surface area contributed by atoms with Gasteiger partial charge in [-0.3, -0.25) is 0 Å². The van der Waals surface area contributed by atoms with Gasteiger partial charge in [0.25, 0.3) is 0 Å². The van der Waals surface area contributed by atoms with E-state index in [4.69, 9.17) is 5.26 Å². The zero-order valence-corrected chi connectivity index (χ0v) is 8.19. The molecule has 0 radical (unpaired) electrons. The summed E-state index contributed by atoms with van der Waals surface area (Å²) in [6, 6.07) is 1.33. The fourth-order valence-electron chi connectivity index (χ4n) is 0.739. The maximum Gasteiger partial charge on any atom is 0.212 e. The molecule has 12 heavy (non-hydrogen) atoms. The Morgan fingerprint density at radius 1 is 1.50 bits per heavy atom. The van der Waals surface area contributed by atoms with E-state index < -0.39 is 16.1 Å². The van der Waals surface area contributed by atoms with Crippen molar-refractivity contribution in [2.45, 2.75) is 32.7 Å². The first-order valence-corrected chi connectivity index (χ1v) is 5.60. The van der Waals surface area contributed by atoms with Crippen molar-refractivity contribution in [3.63, 3.8) is 0 Å². The van der Waals surface area contributed by atoms with Gasteiger partial charge in [-0.25, -0.2) is 8.42 Å². The van der Waals surface area contributed by atoms with Crippen LogP contribution in [-0.4, -0.2) is 20.2 Å². The van der Waals surface area contributed by atoms with Crippen molar-refractivity contribution in [2.24, 2.45) is 0 Å². The average Bonchev–Trinajstić information content (AvgIpc) is 2.03. The smallest absolute Gasteiger partial charge is 0.212 e. The lowest BCUT2D eigenvalue weighted by molar-refractivity contribution is 0.564. The molecule has 0 aliphatic heterocycles. The Bertz CT molecular complexity index is 253. The number of sulfonamides is 1. The Morgan fingerprint density at radius 2 is 2.08 bits per heavy atom. The van der Waals surface area contributed by atoms with Gasteiger partial charge in [-0.05, 0) is 13.3 Å². The molecule has 0 bridgehead atoms. The predicted molar refractivity (Wildman–Crippen MR) is 46.9 cm³/mol. The highest BCUT2D eigenvalue weighted by Crippen LogP contribution is 1.97. The molecule has 1 atom stereocenters. The van der Waals surface area contributed by atoms with Crippen molar-refractivity contribution in [1.82, 2.24) is 4.72 Å². The highest BCUT2D eigenvalue weighted by Gasteiger charge is 2.13. The lowest BCUT2D eigenvalue weighted by Crippen LogP contribution is -2.34. The van der Waals surface area contributed by atoms with Crippen LogP contribution in [-0.2, 0) is 10.0 Å². The first-order valence-electron chi connectivity index (χ1n) is 3.95. The lowest BCUT2D eigenvalue weighted by Gasteiger charge is -2.08. The first kappa shape index (κ1) is 11.4. The second kappa shape index (κ2) is 5.12. The minimum absolute atomic E-state index is 0.0227. The van der Waals surface area contributed by atoms with E-state index in [1.165, 1.54) is 0 Å². The van der Waals surface area contributed by atoms with E-state index in [2.05, 4.69) is 4.72 Å². The van der Waals surface area contributed by atoms with Crippen molar-refractivity contribution in [1.29, 1.82) is 5.26 Å². The quantitative estimate of drug-likeness (QED) is 0.690. The third-order valence-electron chi connectivity index (χ3n) is 1.44. The van der Waals surface area contributed by atoms with Gasteiger partial charge >= 0.3 is 0 Å². The van der Waals surface area contributed by atoms with Gasteiger partial charge in [0.2, 0.25) is 10.0 Å². The average molecular weight is 190 g/mol. The standard InChI is InChI=1S/C7H14N2O2S/c1-3-5-7(6-8)9-12(10,11)4-2/h7,9H,3-5H2,1-2H3. The van der Waals surface area contributed by atoms with Crippen LogP contribution in [0.1, 0.15) is 26.7 Å². The van der Waals surface area contributed by atoms with Crippen LogP contribution in [0.15, 0.2) is 0 Å². The SMILES string of the molecule is CCCC(C#N)NS(=O)(=O)CC. The van der Waals surface area contributed by atoms with Gasteiger partial charge in [0, 0.05) is 0 Å². The van der Waals surface area contributed by atoms with Gasteiger partial charge in [-0.15, -0.1) is 0 Å². The van der Waals surface area contributed by atoms with E-state index in [9.17, 15) is 8.42 Å². The fraction of sp³-hybridized carbons (Fsp3) is 0.857. The van der Waals surface area contributed by atoms with Crippen molar-refractivity contribution in [2.75, 3.05) is 5.75 Å². The van der Waals surface area contributed by atoms with Crippen molar-refractivity contribution in [3.8, 4) is 6.07 Å². The Morgan fingerprint density at radius 3 is 2.42 bits per heavy atom. The molecule has 0 saturated heterocycles. The molecular weight excluding hydrogens is 176 g/mol. The molecule has 0 saturated carbocycles. The second-order valence-corrected chi connectivity index (χ2v) is 4.53. The van der Waals surface area contributed by atoms with Crippen LogP contribution in [0.2, 0.25) is 0 Å². The molecule has 0 rings (SSSR count). The summed E-state index contributed by atoms with van der Waals surface area (Å²) in [6.45, 7) is 3.45. The van der Waals surface area contributed by atoms with E-state index in [0.717, 1.165) is 6.42 Å². The summed E-state index contributed by atoms with van der Waals surface area (Å²) in [5.41, 5.74) is 0. The lowest BCUT2D eigenvalue weighted by atomic mass is 10.2. The van der Waals surface area contributed by atoms with Crippen LogP contribution in [0, 0.1) is 11.3 Å². The van der Waals surface area contributed by atoms with E-state index >= 15 is 0 Å². The van der Waals surface area contributed by atoms with E-state index in [0.29, 0.717) is 6.42 Å². The highest BCUT2D eigenvalue weighted by atomic mass is 32.2. The van der Waals surface area contributed by atoms with Crippen LogP contribution in [0.4, 0.5) is 0 Å². The highest BCUT2D eigenvalue weighted by molar-refractivity contribution is 7.89. The van der Waals surface area contributed by atoms with Gasteiger partial charge in [-0.2, -0.15) is 9.98 Å². The van der Waals surface area contributed by atoms with Crippen LogP contribution in [0.3, 0.4) is 0 Å². The monoisotopic (exact) mass is 190 g/mol. The van der Waals surface area contributed by atoms with Gasteiger partial charge < -0.3 is 0 Å². The number of nitriles is 1. The maximum atomic E-state index is 11.0. The van der Waals surface area contributed by atoms with Crippen LogP contribution < -0.4 is 4.72 Å². The molecule has 0 aromatic heterocycles. The van der Waals surface area contributed by atoms with Gasteiger partial charge in [0.15, 0.2) is 0 Å². The minimum Gasteiger partial charge on any atom is -0.212 e. The molecule has 0 heterocycles.